The average molecular weight is 878 g/mol. The second-order valence-electron chi connectivity index (χ2n) is 13.5. The first-order valence-electron chi connectivity index (χ1n) is 18.7. The molecule has 4 nitrogen and oxygen atoms in total. The van der Waals surface area contributed by atoms with Gasteiger partial charge in [0.25, 0.3) is 5.97 Å². The fourth-order valence-electron chi connectivity index (χ4n) is 7.11. The minimum absolute atomic E-state index is 0. The number of carbonyl (C=O) groups excluding carboxylic acids is 2. The van der Waals surface area contributed by atoms with E-state index >= 15 is 0 Å². The second-order valence-corrected chi connectivity index (χ2v) is 18.8. The van der Waals surface area contributed by atoms with Crippen LogP contribution in [0.3, 0.4) is 0 Å². The van der Waals surface area contributed by atoms with E-state index in [0.717, 1.165) is 29.2 Å². The van der Waals surface area contributed by atoms with Gasteiger partial charge in [0.1, 0.15) is 0 Å². The molecule has 7 heteroatoms. The molecule has 0 heterocycles. The van der Waals surface area contributed by atoms with Crippen LogP contribution in [0.5, 0.6) is 0 Å². The van der Waals surface area contributed by atoms with Crippen LogP contribution in [-0.4, -0.2) is 22.6 Å². The van der Waals surface area contributed by atoms with Crippen LogP contribution in [0.4, 0.5) is 0 Å². The first-order chi connectivity index (χ1) is 27.4. The Kier molecular flexibility index (Phi) is 16.6. The molecule has 0 radical (unpaired) electrons. The van der Waals surface area contributed by atoms with Crippen LogP contribution in [-0.2, 0) is 25.2 Å². The van der Waals surface area contributed by atoms with Gasteiger partial charge in [-0.15, -0.1) is 11.1 Å². The molecular weight excluding hydrogens is 833 g/mol. The van der Waals surface area contributed by atoms with E-state index in [4.69, 9.17) is 9.90 Å². The number of rotatable bonds is 14. The van der Waals surface area contributed by atoms with Crippen LogP contribution in [0.2, 0.25) is 0 Å². The van der Waals surface area contributed by atoms with E-state index < -0.39 is 21.8 Å². The van der Waals surface area contributed by atoms with Crippen molar-refractivity contribution in [3.05, 3.63) is 229 Å². The van der Waals surface area contributed by atoms with Gasteiger partial charge >= 0.3 is 0 Å². The number of Topliss-reactive ketones (excluding diaryl/α,β-unsaturated/α-hetero) is 2. The maximum atomic E-state index is 14.2. The summed E-state index contributed by atoms with van der Waals surface area (Å²) in [6.07, 6.45) is 0.704. The molecule has 288 valence electrons. The summed E-state index contributed by atoms with van der Waals surface area (Å²) in [6.45, 7) is 1.08. The quantitative estimate of drug-likeness (QED) is 0.0512. The van der Waals surface area contributed by atoms with Gasteiger partial charge in [-0.3, -0.25) is 14.4 Å². The summed E-state index contributed by atoms with van der Waals surface area (Å²) >= 11 is 0. The summed E-state index contributed by atoms with van der Waals surface area (Å²) in [5.74, 6) is -0.596. The molecule has 0 aliphatic heterocycles. The Morgan fingerprint density at radius 3 is 0.947 bits per heavy atom. The van der Waals surface area contributed by atoms with E-state index in [-0.39, 0.29) is 43.3 Å². The first-order valence-corrected chi connectivity index (χ1v) is 21.9. The third-order valence-corrected chi connectivity index (χ3v) is 15.8. The van der Waals surface area contributed by atoms with Gasteiger partial charge in [0.05, 0.1) is 61.2 Å². The van der Waals surface area contributed by atoms with Gasteiger partial charge in [-0.1, -0.05) is 133 Å². The van der Waals surface area contributed by atoms with Crippen molar-refractivity contribution in [1.29, 1.82) is 0 Å². The van der Waals surface area contributed by atoms with Crippen LogP contribution in [0.25, 0.3) is 0 Å². The third-order valence-electron chi connectivity index (χ3n) is 9.60. The van der Waals surface area contributed by atoms with Crippen LogP contribution in [0.1, 0.15) is 62.9 Å². The Morgan fingerprint density at radius 2 is 0.684 bits per heavy atom. The van der Waals surface area contributed by atoms with Crippen molar-refractivity contribution in [3.63, 3.8) is 0 Å². The molecule has 0 amide bonds. The van der Waals surface area contributed by atoms with Gasteiger partial charge < -0.3 is 5.11 Å². The van der Waals surface area contributed by atoms with E-state index in [1.165, 1.54) is 21.2 Å². The van der Waals surface area contributed by atoms with Crippen molar-refractivity contribution in [2.75, 3.05) is 0 Å². The van der Waals surface area contributed by atoms with Crippen molar-refractivity contribution < 1.29 is 39.9 Å². The normalized spacial score (nSPS) is 11.7. The Labute approximate surface area is 352 Å². The van der Waals surface area contributed by atoms with Crippen molar-refractivity contribution in [2.24, 2.45) is 0 Å². The minimum Gasteiger partial charge on any atom is -0.481 e. The Bertz CT molecular complexity index is 2050. The van der Waals surface area contributed by atoms with Gasteiger partial charge in [-0.2, -0.15) is 24.3 Å². The molecule has 0 aromatic heterocycles. The second kappa shape index (κ2) is 22.0. The topological polar surface area (TPSA) is 71.4 Å². The van der Waals surface area contributed by atoms with Crippen LogP contribution in [0.15, 0.2) is 200 Å². The zero-order valence-electron chi connectivity index (χ0n) is 31.6. The molecule has 1 N–H and O–H groups in total. The monoisotopic (exact) mass is 877 g/mol. The van der Waals surface area contributed by atoms with Crippen LogP contribution < -0.4 is 21.2 Å². The fraction of sp³-hybridized carbons (Fsp3) is 0.100. The number of aliphatic carboxylic acids is 1. The van der Waals surface area contributed by atoms with Gasteiger partial charge in [0, 0.05) is 38.5 Å². The molecule has 57 heavy (non-hydrogen) atoms. The summed E-state index contributed by atoms with van der Waals surface area (Å²) in [7, 11) is -3.07. The average Bonchev–Trinajstić information content (AvgIpc) is 3.25. The van der Waals surface area contributed by atoms with Crippen molar-refractivity contribution >= 4 is 54.6 Å². The van der Waals surface area contributed by atoms with Gasteiger partial charge in [0.15, 0.2) is 11.6 Å². The number of carbonyl (C=O) groups is 3. The van der Waals surface area contributed by atoms with E-state index in [2.05, 4.69) is 146 Å². The number of carboxylic acids is 1. The first kappa shape index (κ1) is 43.0. The smallest absolute Gasteiger partial charge is 0.300 e. The predicted octanol–water partition coefficient (Wildman–Crippen LogP) is 9.93. The predicted molar refractivity (Wildman–Crippen MR) is 236 cm³/mol. The van der Waals surface area contributed by atoms with Gasteiger partial charge in [0.2, 0.25) is 0 Å². The molecule has 7 aromatic carbocycles. The molecule has 7 rings (SSSR count). The molecule has 0 fully saturated rings. The number of hydrogen-bond acceptors (Lipinski definition) is 3. The minimum atomic E-state index is -1.53. The third kappa shape index (κ3) is 11.9. The van der Waals surface area contributed by atoms with E-state index in [1.54, 1.807) is 0 Å². The van der Waals surface area contributed by atoms with E-state index in [1.807, 2.05) is 60.7 Å². The SMILES string of the molecule is CC(=O)O.O=C(C[C@H](c1[c-]c([C@@H](CC(=O)c2ccccc2)[PH+](c2ccccc2)c2ccccc2)ccc1)[PH+](c1ccccc1)c1ccccc1)c1ccccc1.[Pd]. The molecular formula is C50H45O4P2Pd+. The summed E-state index contributed by atoms with van der Waals surface area (Å²) in [5, 5.41) is 12.4. The molecule has 7 aromatic rings. The zero-order chi connectivity index (χ0) is 39.1. The number of benzene rings is 7. The molecule has 2 atom stereocenters. The van der Waals surface area contributed by atoms with Crippen LogP contribution >= 0.6 is 15.8 Å². The molecule has 0 unspecified atom stereocenters. The largest absolute Gasteiger partial charge is 0.481 e. The maximum absolute atomic E-state index is 14.2. The molecule has 0 spiro atoms. The maximum Gasteiger partial charge on any atom is 0.300 e. The van der Waals surface area contributed by atoms with Crippen LogP contribution in [0, 0.1) is 6.07 Å². The van der Waals surface area contributed by atoms with E-state index in [0.29, 0.717) is 12.8 Å². The number of carboxylic acid groups (broad SMARTS) is 1. The summed E-state index contributed by atoms with van der Waals surface area (Å²) in [6, 6.07) is 72.3. The Hall–Kier alpha value is -5.13. The number of ketones is 2. The Morgan fingerprint density at radius 1 is 0.439 bits per heavy atom. The van der Waals surface area contributed by atoms with Crippen molar-refractivity contribution in [3.8, 4) is 0 Å². The van der Waals surface area contributed by atoms with Gasteiger partial charge in [-0.05, 0) is 48.5 Å². The standard InChI is InChI=1S/C48H39O2P2.C2H4O2.Pd/c49-45(37-20-7-1-8-21-37)35-47(51(41-26-11-3-12-27-41)42-28-13-4-14-29-42)39-24-19-25-40(34-39)48(36-46(50)38-22-9-2-10-23-38)52(43-30-15-5-16-31-43)44-32-17-6-18-33-44;1-2(3)4;/h1-33,47-48H,35-36H2;1H3,(H,3,4);/q-1;;/p+2/t47-,48-;;/m1../s1. The summed E-state index contributed by atoms with van der Waals surface area (Å²) in [5.41, 5.74) is 3.24. The van der Waals surface area contributed by atoms with Crippen molar-refractivity contribution in [1.82, 2.24) is 0 Å². The molecule has 0 saturated carbocycles. The number of hydrogen-bond donors (Lipinski definition) is 1. The fourth-order valence-corrected chi connectivity index (χ4v) is 13.3. The van der Waals surface area contributed by atoms with Crippen molar-refractivity contribution in [2.45, 2.75) is 31.1 Å². The molecule has 0 aliphatic carbocycles. The van der Waals surface area contributed by atoms with E-state index in [9.17, 15) is 9.59 Å². The molecule has 0 bridgehead atoms. The molecule has 0 aliphatic rings. The summed E-state index contributed by atoms with van der Waals surface area (Å²) in [4.78, 5) is 37.3. The van der Waals surface area contributed by atoms with Gasteiger partial charge in [-0.25, -0.2) is 0 Å². The molecule has 0 saturated heterocycles. The zero-order valence-corrected chi connectivity index (χ0v) is 35.2. The Balaban J connectivity index is 0.00000119. The summed E-state index contributed by atoms with van der Waals surface area (Å²) < 4.78 is 0.